The Hall–Kier alpha value is -3.00. The summed E-state index contributed by atoms with van der Waals surface area (Å²) in [7, 11) is 0. The van der Waals surface area contributed by atoms with Crippen LogP contribution in [-0.4, -0.2) is 46.4 Å². The van der Waals surface area contributed by atoms with Gasteiger partial charge in [-0.25, -0.2) is 4.98 Å². The number of nitrogens with one attached hydrogen (secondary N) is 2. The molecule has 0 radical (unpaired) electrons. The highest BCUT2D eigenvalue weighted by molar-refractivity contribution is 7.98. The number of thioether (sulfide) groups is 1. The summed E-state index contributed by atoms with van der Waals surface area (Å²) in [6.45, 7) is 1.62. The van der Waals surface area contributed by atoms with Crippen LogP contribution < -0.4 is 15.0 Å². The Morgan fingerprint density at radius 2 is 2.03 bits per heavy atom. The lowest BCUT2D eigenvalue weighted by atomic mass is 10.1. The largest absolute Gasteiger partial charge is 0.479 e. The van der Waals surface area contributed by atoms with Gasteiger partial charge in [0, 0.05) is 0 Å². The molecule has 1 aromatic heterocycles. The molecular formula is C22H24N4O3S. The van der Waals surface area contributed by atoms with Gasteiger partial charge in [0.05, 0.1) is 22.8 Å². The van der Waals surface area contributed by atoms with E-state index in [4.69, 9.17) is 4.74 Å². The van der Waals surface area contributed by atoms with Crippen LogP contribution in [0.2, 0.25) is 0 Å². The number of hydrogen-bond acceptors (Lipinski definition) is 5. The van der Waals surface area contributed by atoms with Gasteiger partial charge in [-0.3, -0.25) is 14.5 Å². The van der Waals surface area contributed by atoms with Crippen LogP contribution >= 0.6 is 11.8 Å². The Morgan fingerprint density at radius 3 is 2.83 bits per heavy atom. The fourth-order valence-electron chi connectivity index (χ4n) is 3.56. The molecule has 2 amide bonds. The molecule has 0 fully saturated rings. The molecule has 30 heavy (non-hydrogen) atoms. The Balaban J connectivity index is 1.53. The van der Waals surface area contributed by atoms with Crippen molar-refractivity contribution in [2.75, 3.05) is 23.5 Å². The number of ether oxygens (including phenoxy) is 1. The average molecular weight is 425 g/mol. The molecule has 0 saturated heterocycles. The van der Waals surface area contributed by atoms with Gasteiger partial charge in [-0.2, -0.15) is 11.8 Å². The first-order valence-corrected chi connectivity index (χ1v) is 11.3. The van der Waals surface area contributed by atoms with Crippen molar-refractivity contribution >= 4 is 40.3 Å². The Morgan fingerprint density at radius 1 is 1.27 bits per heavy atom. The molecule has 2 aromatic carbocycles. The third kappa shape index (κ3) is 4.14. The standard InChI is InChI=1S/C22H24N4O3S/c1-14-22(28)26(18-9-5-6-10-19(18)29-14)13-20(27)23-17(11-12-30-2)21-24-15-7-3-4-8-16(15)25-21/h3-10,14,17H,11-13H2,1-2H3,(H,23,27)(H,24,25)/t14-,17+/m0/s1. The quantitative estimate of drug-likeness (QED) is 0.608. The smallest absolute Gasteiger partial charge is 0.268 e. The van der Waals surface area contributed by atoms with Crippen LogP contribution in [0, 0.1) is 0 Å². The van der Waals surface area contributed by atoms with Gasteiger partial charge in [-0.1, -0.05) is 24.3 Å². The maximum atomic E-state index is 12.9. The number of anilines is 1. The van der Waals surface area contributed by atoms with E-state index < -0.39 is 6.10 Å². The molecule has 7 nitrogen and oxygen atoms in total. The Kier molecular flexibility index (Phi) is 5.94. The number of benzene rings is 2. The number of H-pyrrole nitrogens is 1. The summed E-state index contributed by atoms with van der Waals surface area (Å²) in [6, 6.07) is 14.8. The summed E-state index contributed by atoms with van der Waals surface area (Å²) in [6.07, 6.45) is 2.13. The fourth-order valence-corrected chi connectivity index (χ4v) is 4.03. The number of para-hydroxylation sites is 4. The molecule has 3 aromatic rings. The highest BCUT2D eigenvalue weighted by atomic mass is 32.2. The van der Waals surface area contributed by atoms with Gasteiger partial charge < -0.3 is 15.0 Å². The molecule has 0 unspecified atom stereocenters. The number of carbonyl (C=O) groups is 2. The number of fused-ring (bicyclic) bond motifs is 2. The van der Waals surface area contributed by atoms with E-state index in [9.17, 15) is 9.59 Å². The summed E-state index contributed by atoms with van der Waals surface area (Å²) in [5.41, 5.74) is 2.41. The highest BCUT2D eigenvalue weighted by Gasteiger charge is 2.33. The van der Waals surface area contributed by atoms with Crippen molar-refractivity contribution in [2.24, 2.45) is 0 Å². The van der Waals surface area contributed by atoms with Crippen LogP contribution in [0.15, 0.2) is 48.5 Å². The molecule has 0 spiro atoms. The molecule has 0 bridgehead atoms. The zero-order valence-electron chi connectivity index (χ0n) is 16.9. The molecule has 4 rings (SSSR count). The number of imidazole rings is 1. The second-order valence-electron chi connectivity index (χ2n) is 7.19. The molecular weight excluding hydrogens is 400 g/mol. The third-order valence-electron chi connectivity index (χ3n) is 5.06. The maximum Gasteiger partial charge on any atom is 0.268 e. The van der Waals surface area contributed by atoms with Gasteiger partial charge >= 0.3 is 0 Å². The Labute approximate surface area is 179 Å². The lowest BCUT2D eigenvalue weighted by Gasteiger charge is -2.32. The predicted octanol–water partition coefficient (Wildman–Crippen LogP) is 3.29. The summed E-state index contributed by atoms with van der Waals surface area (Å²) < 4.78 is 5.65. The maximum absolute atomic E-state index is 12.9. The lowest BCUT2D eigenvalue weighted by Crippen LogP contribution is -2.49. The van der Waals surface area contributed by atoms with E-state index in [1.807, 2.05) is 42.7 Å². The van der Waals surface area contributed by atoms with Crippen LogP contribution in [0.3, 0.4) is 0 Å². The minimum absolute atomic E-state index is 0.0699. The summed E-state index contributed by atoms with van der Waals surface area (Å²) in [4.78, 5) is 35.1. The molecule has 1 aliphatic heterocycles. The first-order chi connectivity index (χ1) is 14.6. The monoisotopic (exact) mass is 424 g/mol. The zero-order chi connectivity index (χ0) is 21.1. The number of carbonyl (C=O) groups excluding carboxylic acids is 2. The second-order valence-corrected chi connectivity index (χ2v) is 8.18. The number of nitrogens with zero attached hydrogens (tertiary/aromatic N) is 2. The van der Waals surface area contributed by atoms with Gasteiger partial charge in [-0.05, 0) is 49.6 Å². The van der Waals surface area contributed by atoms with E-state index in [0.29, 0.717) is 11.4 Å². The van der Waals surface area contributed by atoms with Gasteiger partial charge in [0.2, 0.25) is 5.91 Å². The normalized spacial score (nSPS) is 16.8. The molecule has 2 N–H and O–H groups in total. The lowest BCUT2D eigenvalue weighted by molar-refractivity contribution is -0.128. The SMILES string of the molecule is CSCC[C@@H](NC(=O)CN1C(=O)[C@H](C)Oc2ccccc21)c1nc2ccccc2[nH]1. The van der Waals surface area contributed by atoms with E-state index in [2.05, 4.69) is 15.3 Å². The summed E-state index contributed by atoms with van der Waals surface area (Å²) in [5, 5.41) is 3.06. The third-order valence-corrected chi connectivity index (χ3v) is 5.70. The van der Waals surface area contributed by atoms with Gasteiger partial charge in [0.25, 0.3) is 5.91 Å². The first kappa shape index (κ1) is 20.3. The number of aromatic nitrogens is 2. The minimum Gasteiger partial charge on any atom is -0.479 e. The first-order valence-electron chi connectivity index (χ1n) is 9.87. The topological polar surface area (TPSA) is 87.3 Å². The number of rotatable bonds is 7. The van der Waals surface area contributed by atoms with Crippen LogP contribution in [0.4, 0.5) is 5.69 Å². The van der Waals surface area contributed by atoms with Gasteiger partial charge in [0.15, 0.2) is 6.10 Å². The van der Waals surface area contributed by atoms with Crippen LogP contribution in [-0.2, 0) is 9.59 Å². The van der Waals surface area contributed by atoms with Crippen LogP contribution in [0.1, 0.15) is 25.2 Å². The van der Waals surface area contributed by atoms with Crippen molar-refractivity contribution in [3.8, 4) is 5.75 Å². The number of amides is 2. The van der Waals surface area contributed by atoms with E-state index in [1.54, 1.807) is 30.8 Å². The van der Waals surface area contributed by atoms with Gasteiger partial charge in [-0.15, -0.1) is 0 Å². The van der Waals surface area contributed by atoms with E-state index >= 15 is 0 Å². The van der Waals surface area contributed by atoms with Gasteiger partial charge in [0.1, 0.15) is 18.1 Å². The van der Waals surface area contributed by atoms with Crippen molar-refractivity contribution in [1.29, 1.82) is 0 Å². The zero-order valence-corrected chi connectivity index (χ0v) is 17.7. The average Bonchev–Trinajstić information content (AvgIpc) is 3.18. The second kappa shape index (κ2) is 8.79. The molecule has 1 aliphatic rings. The molecule has 156 valence electrons. The predicted molar refractivity (Wildman–Crippen MR) is 119 cm³/mol. The van der Waals surface area contributed by atoms with Crippen molar-refractivity contribution in [3.63, 3.8) is 0 Å². The number of hydrogen-bond donors (Lipinski definition) is 2. The highest BCUT2D eigenvalue weighted by Crippen LogP contribution is 2.33. The van der Waals surface area contributed by atoms with E-state index in [0.717, 1.165) is 29.0 Å². The molecule has 2 atom stereocenters. The van der Waals surface area contributed by atoms with Crippen LogP contribution in [0.25, 0.3) is 11.0 Å². The fraction of sp³-hybridized carbons (Fsp3) is 0.318. The number of aromatic amines is 1. The van der Waals surface area contributed by atoms with E-state index in [-0.39, 0.29) is 24.4 Å². The molecule has 8 heteroatoms. The van der Waals surface area contributed by atoms with Crippen molar-refractivity contribution in [3.05, 3.63) is 54.4 Å². The molecule has 0 aliphatic carbocycles. The Bertz CT molecular complexity index is 1030. The summed E-state index contributed by atoms with van der Waals surface area (Å²) >= 11 is 1.71. The van der Waals surface area contributed by atoms with E-state index in [1.165, 1.54) is 4.90 Å². The summed E-state index contributed by atoms with van der Waals surface area (Å²) in [5.74, 6) is 1.74. The van der Waals surface area contributed by atoms with Crippen LogP contribution in [0.5, 0.6) is 5.75 Å². The minimum atomic E-state index is -0.629. The van der Waals surface area contributed by atoms with Crippen molar-refractivity contribution in [2.45, 2.75) is 25.5 Å². The molecule has 0 saturated carbocycles. The van der Waals surface area contributed by atoms with Crippen molar-refractivity contribution in [1.82, 2.24) is 15.3 Å². The molecule has 2 heterocycles. The van der Waals surface area contributed by atoms with Crippen molar-refractivity contribution < 1.29 is 14.3 Å².